The maximum atomic E-state index is 14.1. The summed E-state index contributed by atoms with van der Waals surface area (Å²) in [6.45, 7) is 2.11. The Hall–Kier alpha value is -3.23. The van der Waals surface area contributed by atoms with Crippen molar-refractivity contribution in [1.82, 2.24) is 24.9 Å². The van der Waals surface area contributed by atoms with Crippen LogP contribution in [-0.2, 0) is 5.54 Å². The number of anilines is 1. The number of carbonyl (C=O) groups excluding carboxylic acids is 1. The maximum absolute atomic E-state index is 14.1. The number of rotatable bonds is 0. The molecule has 1 fully saturated rings. The van der Waals surface area contributed by atoms with Gasteiger partial charge < -0.3 is 15.0 Å². The van der Waals surface area contributed by atoms with Crippen LogP contribution in [0.2, 0.25) is 0 Å². The Balaban J connectivity index is 1.70. The smallest absolute Gasteiger partial charge is 0.256 e. The molecule has 1 amide bonds. The van der Waals surface area contributed by atoms with Crippen LogP contribution >= 0.6 is 0 Å². The molecule has 1 aliphatic carbocycles. The highest BCUT2D eigenvalue weighted by Gasteiger charge is 2.51. The van der Waals surface area contributed by atoms with Crippen LogP contribution in [0.3, 0.4) is 0 Å². The fraction of sp³-hybridized carbons (Fsp3) is 0.368. The molecule has 5 rings (SSSR count). The summed E-state index contributed by atoms with van der Waals surface area (Å²) < 4.78 is 21.6. The lowest BCUT2D eigenvalue weighted by Gasteiger charge is -2.31. The van der Waals surface area contributed by atoms with Crippen molar-refractivity contribution in [3.8, 4) is 5.88 Å². The molecule has 144 valence electrons. The van der Waals surface area contributed by atoms with E-state index in [-0.39, 0.29) is 18.6 Å². The molecule has 1 aliphatic heterocycles. The molecule has 8 nitrogen and oxygen atoms in total. The van der Waals surface area contributed by atoms with Crippen molar-refractivity contribution >= 4 is 17.4 Å². The number of nitrogens with zero attached hydrogens (tertiary/aromatic N) is 5. The molecule has 3 aromatic rings. The average Bonchev–Trinajstić information content (AvgIpc) is 3.39. The summed E-state index contributed by atoms with van der Waals surface area (Å²) in [5.41, 5.74) is 1.13. The third-order valence-electron chi connectivity index (χ3n) is 5.49. The van der Waals surface area contributed by atoms with Gasteiger partial charge in [-0.2, -0.15) is 5.10 Å². The van der Waals surface area contributed by atoms with Gasteiger partial charge in [0.15, 0.2) is 5.65 Å². The van der Waals surface area contributed by atoms with Gasteiger partial charge in [0, 0.05) is 18.8 Å². The highest BCUT2D eigenvalue weighted by Crippen LogP contribution is 2.54. The Morgan fingerprint density at radius 1 is 1.36 bits per heavy atom. The molecule has 1 spiro atoms. The van der Waals surface area contributed by atoms with Gasteiger partial charge in [-0.25, -0.2) is 18.9 Å². The summed E-state index contributed by atoms with van der Waals surface area (Å²) in [6.07, 6.45) is 5.74. The zero-order chi connectivity index (χ0) is 19.5. The number of halogens is 1. The van der Waals surface area contributed by atoms with Crippen molar-refractivity contribution < 1.29 is 13.9 Å². The number of pyridine rings is 1. The summed E-state index contributed by atoms with van der Waals surface area (Å²) in [5, 5.41) is 7.05. The Bertz CT molecular complexity index is 1090. The number of carbonyl (C=O) groups is 1. The van der Waals surface area contributed by atoms with E-state index >= 15 is 0 Å². The Morgan fingerprint density at radius 2 is 2.18 bits per heavy atom. The third kappa shape index (κ3) is 2.49. The van der Waals surface area contributed by atoms with Crippen LogP contribution in [0.4, 0.5) is 10.2 Å². The summed E-state index contributed by atoms with van der Waals surface area (Å²) in [7, 11) is 1.92. The number of ether oxygens (including phenoxy) is 1. The molecule has 9 heteroatoms. The van der Waals surface area contributed by atoms with E-state index in [2.05, 4.69) is 20.4 Å². The van der Waals surface area contributed by atoms with Crippen LogP contribution in [0.15, 0.2) is 30.7 Å². The number of hydrogen-bond donors (Lipinski definition) is 1. The van der Waals surface area contributed by atoms with Gasteiger partial charge >= 0.3 is 0 Å². The number of amides is 1. The standard InChI is InChI=1S/C19H19FN6O2/c1-11-8-21-17(27)13-10-23-26-6-3-15(24-16(13)26)25(2)19(4-5-19)14-7-12(20)9-22-18(14)28-11/h3,6-7,9-11H,4-5,8H2,1-2H3,(H,21,27)/t11-/m0/s1. The normalized spacial score (nSPS) is 20.8. The topological polar surface area (TPSA) is 84.7 Å². The van der Waals surface area contributed by atoms with Crippen LogP contribution in [-0.4, -0.2) is 45.2 Å². The van der Waals surface area contributed by atoms with Crippen molar-refractivity contribution in [3.05, 3.63) is 47.7 Å². The van der Waals surface area contributed by atoms with Gasteiger partial charge in [-0.3, -0.25) is 4.79 Å². The van der Waals surface area contributed by atoms with Crippen LogP contribution in [0.5, 0.6) is 5.88 Å². The predicted molar refractivity (Wildman–Crippen MR) is 98.9 cm³/mol. The second kappa shape index (κ2) is 5.88. The van der Waals surface area contributed by atoms with Crippen LogP contribution in [0.25, 0.3) is 5.65 Å². The lowest BCUT2D eigenvalue weighted by Crippen LogP contribution is -2.35. The van der Waals surface area contributed by atoms with E-state index in [1.807, 2.05) is 24.9 Å². The molecule has 1 N–H and O–H groups in total. The molecule has 28 heavy (non-hydrogen) atoms. The first-order chi connectivity index (χ1) is 13.5. The summed E-state index contributed by atoms with van der Waals surface area (Å²) in [4.78, 5) is 23.5. The van der Waals surface area contributed by atoms with E-state index in [1.54, 1.807) is 10.7 Å². The van der Waals surface area contributed by atoms with Gasteiger partial charge in [0.1, 0.15) is 23.3 Å². The molecule has 0 unspecified atom stereocenters. The van der Waals surface area contributed by atoms with E-state index in [4.69, 9.17) is 4.74 Å². The fourth-order valence-electron chi connectivity index (χ4n) is 3.75. The predicted octanol–water partition coefficient (Wildman–Crippen LogP) is 1.90. The van der Waals surface area contributed by atoms with E-state index in [0.29, 0.717) is 28.5 Å². The Labute approximate surface area is 160 Å². The first-order valence-electron chi connectivity index (χ1n) is 9.17. The highest BCUT2D eigenvalue weighted by atomic mass is 19.1. The van der Waals surface area contributed by atoms with Crippen LogP contribution < -0.4 is 15.0 Å². The SMILES string of the molecule is C[C@H]1CNC(=O)c2cnn3ccc(nc23)N(C)C2(CC2)c2cc(F)cnc2O1. The van der Waals surface area contributed by atoms with Crippen molar-refractivity contribution in [2.75, 3.05) is 18.5 Å². The Kier molecular flexibility index (Phi) is 3.55. The second-order valence-corrected chi connectivity index (χ2v) is 7.35. The molecule has 2 aliphatic rings. The molecule has 4 heterocycles. The van der Waals surface area contributed by atoms with Gasteiger partial charge in [-0.05, 0) is 31.9 Å². The van der Waals surface area contributed by atoms with Crippen LogP contribution in [0.1, 0.15) is 35.7 Å². The molecule has 2 bridgehead atoms. The quantitative estimate of drug-likeness (QED) is 0.639. The molecule has 3 aromatic heterocycles. The second-order valence-electron chi connectivity index (χ2n) is 7.35. The van der Waals surface area contributed by atoms with Gasteiger partial charge in [0.2, 0.25) is 5.88 Å². The maximum Gasteiger partial charge on any atom is 0.256 e. The monoisotopic (exact) mass is 382 g/mol. The van der Waals surface area contributed by atoms with E-state index in [1.165, 1.54) is 12.3 Å². The Morgan fingerprint density at radius 3 is 2.96 bits per heavy atom. The van der Waals surface area contributed by atoms with Crippen molar-refractivity contribution in [1.29, 1.82) is 0 Å². The van der Waals surface area contributed by atoms with E-state index < -0.39 is 11.4 Å². The average molecular weight is 382 g/mol. The highest BCUT2D eigenvalue weighted by molar-refractivity contribution is 5.99. The zero-order valence-corrected chi connectivity index (χ0v) is 15.5. The molecular weight excluding hydrogens is 363 g/mol. The minimum absolute atomic E-state index is 0.273. The molecule has 0 radical (unpaired) electrons. The summed E-state index contributed by atoms with van der Waals surface area (Å²) >= 11 is 0. The van der Waals surface area contributed by atoms with Crippen molar-refractivity contribution in [2.24, 2.45) is 0 Å². The number of nitrogens with one attached hydrogen (secondary N) is 1. The zero-order valence-electron chi connectivity index (χ0n) is 15.5. The fourth-order valence-corrected chi connectivity index (χ4v) is 3.75. The number of fused-ring (bicyclic) bond motifs is 3. The van der Waals surface area contributed by atoms with E-state index in [0.717, 1.165) is 19.0 Å². The van der Waals surface area contributed by atoms with Gasteiger partial charge in [0.25, 0.3) is 5.91 Å². The largest absolute Gasteiger partial charge is 0.473 e. The van der Waals surface area contributed by atoms with Gasteiger partial charge in [0.05, 0.1) is 24.5 Å². The number of aromatic nitrogens is 4. The van der Waals surface area contributed by atoms with Gasteiger partial charge in [-0.15, -0.1) is 0 Å². The molecule has 0 saturated heterocycles. The van der Waals surface area contributed by atoms with Gasteiger partial charge in [-0.1, -0.05) is 0 Å². The minimum atomic E-state index is -0.443. The van der Waals surface area contributed by atoms with Crippen molar-refractivity contribution in [2.45, 2.75) is 31.4 Å². The first-order valence-corrected chi connectivity index (χ1v) is 9.17. The lowest BCUT2D eigenvalue weighted by atomic mass is 10.0. The third-order valence-corrected chi connectivity index (χ3v) is 5.49. The number of hydrogen-bond acceptors (Lipinski definition) is 6. The van der Waals surface area contributed by atoms with E-state index in [9.17, 15) is 9.18 Å². The summed E-state index contributed by atoms with van der Waals surface area (Å²) in [6, 6.07) is 3.32. The van der Waals surface area contributed by atoms with Crippen LogP contribution in [0, 0.1) is 5.82 Å². The molecular formula is C19H19FN6O2. The molecule has 1 saturated carbocycles. The molecule has 0 aromatic carbocycles. The molecule has 1 atom stereocenters. The van der Waals surface area contributed by atoms with Crippen molar-refractivity contribution in [3.63, 3.8) is 0 Å². The minimum Gasteiger partial charge on any atom is -0.473 e. The first kappa shape index (κ1) is 16.9. The summed E-state index contributed by atoms with van der Waals surface area (Å²) in [5.74, 6) is 0.372. The lowest BCUT2D eigenvalue weighted by molar-refractivity contribution is 0.0931.